The zero-order valence-corrected chi connectivity index (χ0v) is 18.7. The summed E-state index contributed by atoms with van der Waals surface area (Å²) in [5.41, 5.74) is 2.43. The molecule has 0 saturated heterocycles. The highest BCUT2D eigenvalue weighted by molar-refractivity contribution is 7.98. The van der Waals surface area contributed by atoms with Gasteiger partial charge in [-0.1, -0.05) is 29.8 Å². The minimum atomic E-state index is -0.889. The van der Waals surface area contributed by atoms with Crippen LogP contribution in [0.25, 0.3) is 0 Å². The first-order valence-corrected chi connectivity index (χ1v) is 11.5. The lowest BCUT2D eigenvalue weighted by Gasteiger charge is -2.29. The van der Waals surface area contributed by atoms with Gasteiger partial charge in [-0.15, -0.1) is 0 Å². The van der Waals surface area contributed by atoms with Crippen molar-refractivity contribution in [2.45, 2.75) is 19.4 Å². The SMILES string of the molecule is CSCC[C@@H](NC(=O)c1cccc(C)c1)C(=O)OCC(=O)N1CC(=O)Nc2ccccc21. The highest BCUT2D eigenvalue weighted by Crippen LogP contribution is 2.28. The number of fused-ring (bicyclic) bond motifs is 1. The van der Waals surface area contributed by atoms with Crippen molar-refractivity contribution in [1.82, 2.24) is 5.32 Å². The molecule has 0 spiro atoms. The molecule has 0 aromatic heterocycles. The number of benzene rings is 2. The van der Waals surface area contributed by atoms with Gasteiger partial charge in [-0.2, -0.15) is 11.8 Å². The van der Waals surface area contributed by atoms with E-state index in [-0.39, 0.29) is 18.4 Å². The number of carbonyl (C=O) groups is 4. The van der Waals surface area contributed by atoms with Crippen LogP contribution in [0.1, 0.15) is 22.3 Å². The maximum Gasteiger partial charge on any atom is 0.329 e. The number of rotatable bonds is 8. The van der Waals surface area contributed by atoms with E-state index in [4.69, 9.17) is 4.74 Å². The molecule has 0 bridgehead atoms. The molecule has 1 aliphatic rings. The van der Waals surface area contributed by atoms with Crippen molar-refractivity contribution in [2.75, 3.05) is 35.4 Å². The number of amides is 3. The molecule has 168 valence electrons. The van der Waals surface area contributed by atoms with Gasteiger partial charge in [0.15, 0.2) is 6.61 Å². The molecule has 1 aliphatic heterocycles. The standard InChI is InChI=1S/C23H25N3O5S/c1-15-6-5-7-16(12-15)22(29)25-18(10-11-32-2)23(30)31-14-21(28)26-13-20(27)24-17-8-3-4-9-19(17)26/h3-9,12,18H,10-11,13-14H2,1-2H3,(H,24,27)(H,25,29)/t18-/m1/s1. The van der Waals surface area contributed by atoms with E-state index in [1.807, 2.05) is 19.2 Å². The molecule has 8 nitrogen and oxygen atoms in total. The fraction of sp³-hybridized carbons (Fsp3) is 0.304. The van der Waals surface area contributed by atoms with E-state index in [0.717, 1.165) is 5.56 Å². The first-order chi connectivity index (χ1) is 15.4. The molecule has 32 heavy (non-hydrogen) atoms. The summed E-state index contributed by atoms with van der Waals surface area (Å²) in [6, 6.07) is 13.1. The molecule has 2 N–H and O–H groups in total. The molecule has 2 aromatic rings. The van der Waals surface area contributed by atoms with Crippen molar-refractivity contribution in [3.63, 3.8) is 0 Å². The Balaban J connectivity index is 1.64. The van der Waals surface area contributed by atoms with Crippen molar-refractivity contribution >= 4 is 46.8 Å². The smallest absolute Gasteiger partial charge is 0.329 e. The molecule has 0 aliphatic carbocycles. The molecule has 3 rings (SSSR count). The molecule has 0 fully saturated rings. The van der Waals surface area contributed by atoms with Crippen LogP contribution in [0.2, 0.25) is 0 Å². The van der Waals surface area contributed by atoms with Gasteiger partial charge in [-0.3, -0.25) is 19.3 Å². The lowest BCUT2D eigenvalue weighted by atomic mass is 10.1. The molecule has 1 atom stereocenters. The summed E-state index contributed by atoms with van der Waals surface area (Å²) in [5.74, 6) is -1.30. The largest absolute Gasteiger partial charge is 0.454 e. The summed E-state index contributed by atoms with van der Waals surface area (Å²) in [5, 5.41) is 5.41. The maximum atomic E-state index is 12.7. The van der Waals surface area contributed by atoms with Crippen molar-refractivity contribution in [3.8, 4) is 0 Å². The second-order valence-corrected chi connectivity index (χ2v) is 8.32. The van der Waals surface area contributed by atoms with Gasteiger partial charge in [-0.25, -0.2) is 4.79 Å². The van der Waals surface area contributed by atoms with Crippen LogP contribution < -0.4 is 15.5 Å². The zero-order chi connectivity index (χ0) is 23.1. The number of carbonyl (C=O) groups excluding carboxylic acids is 4. The van der Waals surface area contributed by atoms with Gasteiger partial charge in [0.25, 0.3) is 11.8 Å². The number of nitrogens with zero attached hydrogens (tertiary/aromatic N) is 1. The Hall–Kier alpha value is -3.33. The predicted octanol–water partition coefficient (Wildman–Crippen LogP) is 2.38. The summed E-state index contributed by atoms with van der Waals surface area (Å²) >= 11 is 1.53. The highest BCUT2D eigenvalue weighted by Gasteiger charge is 2.29. The van der Waals surface area contributed by atoms with Gasteiger partial charge in [0.05, 0.1) is 11.4 Å². The monoisotopic (exact) mass is 455 g/mol. The molecule has 3 amide bonds. The molecule has 0 unspecified atom stereocenters. The van der Waals surface area contributed by atoms with E-state index in [2.05, 4.69) is 10.6 Å². The predicted molar refractivity (Wildman–Crippen MR) is 124 cm³/mol. The van der Waals surface area contributed by atoms with Crippen molar-refractivity contribution in [3.05, 3.63) is 59.7 Å². The van der Waals surface area contributed by atoms with Gasteiger partial charge in [0.1, 0.15) is 12.6 Å². The fourth-order valence-electron chi connectivity index (χ4n) is 3.28. The Morgan fingerprint density at radius 2 is 1.97 bits per heavy atom. The third-order valence-corrected chi connectivity index (χ3v) is 5.53. The van der Waals surface area contributed by atoms with E-state index in [9.17, 15) is 19.2 Å². The van der Waals surface area contributed by atoms with Crippen LogP contribution in [-0.4, -0.2) is 54.9 Å². The van der Waals surface area contributed by atoms with Gasteiger partial charge in [0.2, 0.25) is 5.91 Å². The van der Waals surface area contributed by atoms with Gasteiger partial charge >= 0.3 is 5.97 Å². The molecule has 1 heterocycles. The van der Waals surface area contributed by atoms with Crippen LogP contribution in [0.4, 0.5) is 11.4 Å². The number of aryl methyl sites for hydroxylation is 1. The fourth-order valence-corrected chi connectivity index (χ4v) is 3.75. The number of ether oxygens (including phenoxy) is 1. The first-order valence-electron chi connectivity index (χ1n) is 10.1. The molecular formula is C23H25N3O5S. The van der Waals surface area contributed by atoms with E-state index in [0.29, 0.717) is 29.1 Å². The number of nitrogens with one attached hydrogen (secondary N) is 2. The average molecular weight is 456 g/mol. The number of esters is 1. The Labute approximate surface area is 190 Å². The van der Waals surface area contributed by atoms with Crippen LogP contribution >= 0.6 is 11.8 Å². The van der Waals surface area contributed by atoms with E-state index in [1.54, 1.807) is 42.5 Å². The number of para-hydroxylation sites is 2. The lowest BCUT2D eigenvalue weighted by molar-refractivity contribution is -0.149. The molecule has 2 aromatic carbocycles. The van der Waals surface area contributed by atoms with E-state index >= 15 is 0 Å². The summed E-state index contributed by atoms with van der Waals surface area (Å²) in [7, 11) is 0. The number of hydrogen-bond donors (Lipinski definition) is 2. The summed E-state index contributed by atoms with van der Waals surface area (Å²) in [4.78, 5) is 51.2. The Bertz CT molecular complexity index is 1030. The Morgan fingerprint density at radius 1 is 1.19 bits per heavy atom. The van der Waals surface area contributed by atoms with Crippen molar-refractivity contribution in [2.24, 2.45) is 0 Å². The average Bonchev–Trinajstić information content (AvgIpc) is 2.79. The quantitative estimate of drug-likeness (QED) is 0.592. The lowest BCUT2D eigenvalue weighted by Crippen LogP contribution is -2.46. The maximum absolute atomic E-state index is 12.7. The molecule has 0 saturated carbocycles. The summed E-state index contributed by atoms with van der Waals surface area (Å²) < 4.78 is 5.24. The first kappa shape index (κ1) is 23.3. The van der Waals surface area contributed by atoms with Gasteiger partial charge < -0.3 is 15.4 Å². The van der Waals surface area contributed by atoms with Crippen molar-refractivity contribution < 1.29 is 23.9 Å². The van der Waals surface area contributed by atoms with Crippen LogP contribution in [0.15, 0.2) is 48.5 Å². The van der Waals surface area contributed by atoms with Crippen molar-refractivity contribution in [1.29, 1.82) is 0 Å². The van der Waals surface area contributed by atoms with Gasteiger partial charge in [-0.05, 0) is 49.6 Å². The summed E-state index contributed by atoms with van der Waals surface area (Å²) in [6.45, 7) is 1.19. The molecule has 9 heteroatoms. The molecular weight excluding hydrogens is 430 g/mol. The van der Waals surface area contributed by atoms with Crippen LogP contribution in [0, 0.1) is 6.92 Å². The normalized spacial score (nSPS) is 13.6. The second kappa shape index (κ2) is 10.8. The minimum Gasteiger partial charge on any atom is -0.454 e. The third-order valence-electron chi connectivity index (χ3n) is 4.89. The number of thioether (sulfide) groups is 1. The van der Waals surface area contributed by atoms with E-state index in [1.165, 1.54) is 16.7 Å². The minimum absolute atomic E-state index is 0.159. The van der Waals surface area contributed by atoms with E-state index < -0.39 is 24.5 Å². The van der Waals surface area contributed by atoms with Crippen LogP contribution in [0.3, 0.4) is 0 Å². The number of hydrogen-bond acceptors (Lipinski definition) is 6. The van der Waals surface area contributed by atoms with Crippen LogP contribution in [0.5, 0.6) is 0 Å². The van der Waals surface area contributed by atoms with Gasteiger partial charge in [0, 0.05) is 5.56 Å². The zero-order valence-electron chi connectivity index (χ0n) is 17.9. The summed E-state index contributed by atoms with van der Waals surface area (Å²) in [6.07, 6.45) is 2.26. The topological polar surface area (TPSA) is 105 Å². The highest BCUT2D eigenvalue weighted by atomic mass is 32.2. The third kappa shape index (κ3) is 5.88. The second-order valence-electron chi connectivity index (χ2n) is 7.33. The number of anilines is 2. The Morgan fingerprint density at radius 3 is 2.72 bits per heavy atom. The Kier molecular flexibility index (Phi) is 7.88. The van der Waals surface area contributed by atoms with Crippen LogP contribution in [-0.2, 0) is 19.1 Å². The molecule has 0 radical (unpaired) electrons.